The molecule has 0 spiro atoms. The molecule has 2 N–H and O–H groups in total. The minimum atomic E-state index is -4.22. The van der Waals surface area contributed by atoms with E-state index in [0.717, 1.165) is 42.6 Å². The maximum absolute atomic E-state index is 14.1. The second-order valence-corrected chi connectivity index (χ2v) is 12.7. The number of nitrogens with zero attached hydrogens (tertiary/aromatic N) is 4. The smallest absolute Gasteiger partial charge is 0.265 e. The molecule has 0 aliphatic carbocycles. The number of carbonyl (C=O) groups is 2. The summed E-state index contributed by atoms with van der Waals surface area (Å²) in [5.74, 6) is 0.230. The van der Waals surface area contributed by atoms with Crippen LogP contribution in [0.2, 0.25) is 5.02 Å². The van der Waals surface area contributed by atoms with Crippen LogP contribution in [0, 0.1) is 19.8 Å². The van der Waals surface area contributed by atoms with Crippen molar-refractivity contribution < 1.29 is 18.0 Å². The average molecular weight is 597 g/mol. The topological polar surface area (TPSA) is 125 Å². The summed E-state index contributed by atoms with van der Waals surface area (Å²) >= 11 is 6.23. The highest BCUT2D eigenvalue weighted by Crippen LogP contribution is 2.38. The van der Waals surface area contributed by atoms with E-state index in [-0.39, 0.29) is 17.2 Å². The number of fused-ring (bicyclic) bond motifs is 1. The molecule has 12 heteroatoms. The summed E-state index contributed by atoms with van der Waals surface area (Å²) in [6.45, 7) is 5.52. The Morgan fingerprint density at radius 3 is 2.51 bits per heavy atom. The van der Waals surface area contributed by atoms with E-state index in [1.165, 1.54) is 6.07 Å². The lowest BCUT2D eigenvalue weighted by Crippen LogP contribution is -2.53. The lowest BCUT2D eigenvalue weighted by molar-refractivity contribution is -0.125. The summed E-state index contributed by atoms with van der Waals surface area (Å²) in [5.41, 5.74) is 1.73. The summed E-state index contributed by atoms with van der Waals surface area (Å²) in [5, 5.41) is 6.13. The third-order valence-corrected chi connectivity index (χ3v) is 10.1. The fourth-order valence-electron chi connectivity index (χ4n) is 5.41. The van der Waals surface area contributed by atoms with Gasteiger partial charge in [-0.2, -0.15) is 0 Å². The highest BCUT2D eigenvalue weighted by atomic mass is 35.5. The SMILES string of the molecule is Cc1cc(S(=O)(=O)N2c3ccccc3NC(=O)[C@H]2CC(=O)NCCC2CCN(c3ncccn3)CC2)c(C)cc1Cl. The van der Waals surface area contributed by atoms with Gasteiger partial charge in [0.05, 0.1) is 22.7 Å². The van der Waals surface area contributed by atoms with E-state index in [2.05, 4.69) is 25.5 Å². The highest BCUT2D eigenvalue weighted by Gasteiger charge is 2.42. The third kappa shape index (κ3) is 6.15. The molecule has 10 nitrogen and oxygen atoms in total. The second kappa shape index (κ2) is 12.0. The summed E-state index contributed by atoms with van der Waals surface area (Å²) in [4.78, 5) is 37.1. The molecule has 2 aliphatic heterocycles. The molecule has 5 rings (SSSR count). The number of nitrogens with one attached hydrogen (secondary N) is 2. The number of amides is 2. The van der Waals surface area contributed by atoms with Gasteiger partial charge in [0.1, 0.15) is 6.04 Å². The first-order chi connectivity index (χ1) is 19.6. The quantitative estimate of drug-likeness (QED) is 0.401. The molecule has 1 atom stereocenters. The molecule has 1 saturated heterocycles. The Kier molecular flexibility index (Phi) is 8.46. The Bertz CT molecular complexity index is 1540. The molecule has 2 aromatic carbocycles. The van der Waals surface area contributed by atoms with Crippen molar-refractivity contribution in [2.24, 2.45) is 5.92 Å². The zero-order valence-electron chi connectivity index (χ0n) is 23.0. The van der Waals surface area contributed by atoms with Gasteiger partial charge < -0.3 is 15.5 Å². The molecular formula is C29H33ClN6O4S. The Hall–Kier alpha value is -3.70. The fourth-order valence-corrected chi connectivity index (χ4v) is 7.56. The highest BCUT2D eigenvalue weighted by molar-refractivity contribution is 7.93. The van der Waals surface area contributed by atoms with Gasteiger partial charge in [-0.1, -0.05) is 23.7 Å². The van der Waals surface area contributed by atoms with E-state index in [4.69, 9.17) is 11.6 Å². The predicted octanol–water partition coefficient (Wildman–Crippen LogP) is 4.08. The Morgan fingerprint density at radius 2 is 1.78 bits per heavy atom. The van der Waals surface area contributed by atoms with Gasteiger partial charge in [0.15, 0.2) is 0 Å². The maximum Gasteiger partial charge on any atom is 0.265 e. The molecule has 0 saturated carbocycles. The van der Waals surface area contributed by atoms with Crippen molar-refractivity contribution in [2.75, 3.05) is 34.2 Å². The second-order valence-electron chi connectivity index (χ2n) is 10.5. The van der Waals surface area contributed by atoms with E-state index in [1.54, 1.807) is 62.6 Å². The Balaban J connectivity index is 1.27. The van der Waals surface area contributed by atoms with E-state index in [1.807, 2.05) is 0 Å². The number of hydrogen-bond acceptors (Lipinski definition) is 7. The standard InChI is InChI=1S/C29H33ClN6O4S/c1-19-17-26(20(2)16-22(19)30)41(39,40)36-24-7-4-3-6-23(24)34-28(38)25(36)18-27(37)31-13-8-21-9-14-35(15-10-21)29-32-11-5-12-33-29/h3-7,11-12,16-17,21,25H,8-10,13-15,18H2,1-2H3,(H,31,37)(H,34,38)/t25-/m1/s1. The van der Waals surface area contributed by atoms with E-state index >= 15 is 0 Å². The first kappa shape index (κ1) is 28.8. The van der Waals surface area contributed by atoms with Crippen LogP contribution in [0.4, 0.5) is 17.3 Å². The number of carbonyl (C=O) groups excluding carboxylic acids is 2. The number of aromatic nitrogens is 2. The van der Waals surface area contributed by atoms with Crippen LogP contribution >= 0.6 is 11.6 Å². The monoisotopic (exact) mass is 596 g/mol. The van der Waals surface area contributed by atoms with Crippen molar-refractivity contribution in [3.63, 3.8) is 0 Å². The number of anilines is 3. The van der Waals surface area contributed by atoms with Crippen molar-refractivity contribution in [1.82, 2.24) is 15.3 Å². The van der Waals surface area contributed by atoms with Gasteiger partial charge >= 0.3 is 0 Å². The van der Waals surface area contributed by atoms with E-state index < -0.39 is 22.0 Å². The van der Waals surface area contributed by atoms with Gasteiger partial charge in [-0.25, -0.2) is 18.4 Å². The minimum Gasteiger partial charge on any atom is -0.356 e. The molecule has 0 radical (unpaired) electrons. The van der Waals surface area contributed by atoms with Crippen molar-refractivity contribution in [1.29, 1.82) is 0 Å². The Morgan fingerprint density at radius 1 is 1.07 bits per heavy atom. The van der Waals surface area contributed by atoms with Gasteiger partial charge in [-0.15, -0.1) is 0 Å². The number of piperidine rings is 1. The molecule has 2 amide bonds. The van der Waals surface area contributed by atoms with Gasteiger partial charge in [0, 0.05) is 37.1 Å². The third-order valence-electron chi connectivity index (χ3n) is 7.68. The summed E-state index contributed by atoms with van der Waals surface area (Å²) in [6.07, 6.45) is 5.87. The summed E-state index contributed by atoms with van der Waals surface area (Å²) in [6, 6.07) is 10.3. The minimum absolute atomic E-state index is 0.0431. The molecule has 1 aromatic heterocycles. The number of aryl methyl sites for hydroxylation is 2. The van der Waals surface area contributed by atoms with Crippen LogP contribution in [0.5, 0.6) is 0 Å². The first-order valence-corrected chi connectivity index (χ1v) is 15.5. The Labute approximate surface area is 245 Å². The largest absolute Gasteiger partial charge is 0.356 e. The molecule has 41 heavy (non-hydrogen) atoms. The number of halogens is 1. The summed E-state index contributed by atoms with van der Waals surface area (Å²) < 4.78 is 29.2. The molecule has 0 bridgehead atoms. The lowest BCUT2D eigenvalue weighted by atomic mass is 9.93. The van der Waals surface area contributed by atoms with Crippen LogP contribution < -0.4 is 19.8 Å². The molecule has 1 fully saturated rings. The number of sulfonamides is 1. The van der Waals surface area contributed by atoms with Crippen LogP contribution in [-0.4, -0.2) is 55.9 Å². The lowest BCUT2D eigenvalue weighted by Gasteiger charge is -2.37. The van der Waals surface area contributed by atoms with Crippen LogP contribution in [0.1, 0.15) is 36.8 Å². The van der Waals surface area contributed by atoms with E-state index in [9.17, 15) is 18.0 Å². The fraction of sp³-hybridized carbons (Fsp3) is 0.379. The van der Waals surface area contributed by atoms with E-state index in [0.29, 0.717) is 40.0 Å². The molecule has 3 heterocycles. The molecule has 3 aromatic rings. The van der Waals surface area contributed by atoms with Crippen LogP contribution in [0.15, 0.2) is 59.8 Å². The van der Waals surface area contributed by atoms with Crippen molar-refractivity contribution in [3.05, 3.63) is 71.0 Å². The van der Waals surface area contributed by atoms with Crippen LogP contribution in [0.3, 0.4) is 0 Å². The molecular weight excluding hydrogens is 564 g/mol. The first-order valence-electron chi connectivity index (χ1n) is 13.6. The van der Waals surface area contributed by atoms with Crippen LogP contribution in [0.25, 0.3) is 0 Å². The van der Waals surface area contributed by atoms with Gasteiger partial charge in [0.25, 0.3) is 10.0 Å². The molecule has 0 unspecified atom stereocenters. The maximum atomic E-state index is 14.1. The molecule has 216 valence electrons. The number of rotatable bonds is 8. The van der Waals surface area contributed by atoms with Gasteiger partial charge in [-0.05, 0) is 80.5 Å². The van der Waals surface area contributed by atoms with Crippen molar-refractivity contribution in [3.8, 4) is 0 Å². The van der Waals surface area contributed by atoms with Crippen molar-refractivity contribution in [2.45, 2.75) is 50.5 Å². The normalized spacial score (nSPS) is 17.6. The number of hydrogen-bond donors (Lipinski definition) is 2. The zero-order valence-corrected chi connectivity index (χ0v) is 24.6. The zero-order chi connectivity index (χ0) is 29.1. The van der Waals surface area contributed by atoms with Crippen molar-refractivity contribution >= 4 is 50.8 Å². The molecule has 2 aliphatic rings. The van der Waals surface area contributed by atoms with Gasteiger partial charge in [-0.3, -0.25) is 13.9 Å². The predicted molar refractivity (Wildman–Crippen MR) is 159 cm³/mol. The van der Waals surface area contributed by atoms with Crippen LogP contribution in [-0.2, 0) is 19.6 Å². The number of benzene rings is 2. The summed E-state index contributed by atoms with van der Waals surface area (Å²) in [7, 11) is -4.22. The van der Waals surface area contributed by atoms with Gasteiger partial charge in [0.2, 0.25) is 17.8 Å². The number of para-hydroxylation sites is 2. The average Bonchev–Trinajstić information content (AvgIpc) is 2.96.